The van der Waals surface area contributed by atoms with Crippen LogP contribution in [0.2, 0.25) is 0 Å². The lowest BCUT2D eigenvalue weighted by atomic mass is 10.1. The molecule has 0 saturated carbocycles. The molecular weight excluding hydrogens is 526 g/mol. The average molecular weight is 566 g/mol. The lowest BCUT2D eigenvalue weighted by Crippen LogP contribution is -2.34. The second kappa shape index (κ2) is 14.3. The number of benzene rings is 2. The predicted molar refractivity (Wildman–Crippen MR) is 163 cm³/mol. The number of aromatic hydroxyl groups is 1. The molecule has 0 unspecified atom stereocenters. The second-order valence-corrected chi connectivity index (χ2v) is 11.5. The largest absolute Gasteiger partial charge is 0.507 e. The Morgan fingerprint density at radius 3 is 2.25 bits per heavy atom. The van der Waals surface area contributed by atoms with Gasteiger partial charge in [-0.15, -0.1) is 0 Å². The molecule has 0 spiro atoms. The van der Waals surface area contributed by atoms with Gasteiger partial charge in [0.05, 0.1) is 6.61 Å². The average Bonchev–Trinajstić information content (AvgIpc) is 2.92. The Morgan fingerprint density at radius 1 is 0.950 bits per heavy atom. The summed E-state index contributed by atoms with van der Waals surface area (Å²) in [4.78, 5) is 16.1. The van der Waals surface area contributed by atoms with Gasteiger partial charge in [-0.05, 0) is 70.5 Å². The van der Waals surface area contributed by atoms with Gasteiger partial charge in [-0.25, -0.2) is 0 Å². The van der Waals surface area contributed by atoms with Gasteiger partial charge >= 0.3 is 0 Å². The number of rotatable bonds is 12. The molecule has 0 aliphatic carbocycles. The fourth-order valence-corrected chi connectivity index (χ4v) is 5.24. The molecule has 1 saturated heterocycles. The van der Waals surface area contributed by atoms with Crippen LogP contribution < -0.4 is 19.6 Å². The lowest BCUT2D eigenvalue weighted by molar-refractivity contribution is 0.246. The molecule has 8 heteroatoms. The second-order valence-electron chi connectivity index (χ2n) is 10.3. The number of nitrogens with zero attached hydrogens (tertiary/aromatic N) is 1. The summed E-state index contributed by atoms with van der Waals surface area (Å²) in [5, 5.41) is 10.9. The summed E-state index contributed by atoms with van der Waals surface area (Å²) in [6.45, 7) is 12.2. The van der Waals surface area contributed by atoms with Crippen LogP contribution in [0.1, 0.15) is 34.1 Å². The predicted octanol–water partition coefficient (Wildman–Crippen LogP) is 6.67. The fraction of sp³-hybridized carbons (Fsp3) is 0.406. The van der Waals surface area contributed by atoms with Crippen LogP contribution in [0.3, 0.4) is 0 Å². The van der Waals surface area contributed by atoms with E-state index in [-0.39, 0.29) is 22.5 Å². The van der Waals surface area contributed by atoms with E-state index in [1.165, 1.54) is 11.6 Å². The van der Waals surface area contributed by atoms with Gasteiger partial charge < -0.3 is 28.6 Å². The highest BCUT2D eigenvalue weighted by Crippen LogP contribution is 2.36. The molecule has 0 bridgehead atoms. The molecule has 1 aromatic heterocycles. The Bertz CT molecular complexity index is 1400. The summed E-state index contributed by atoms with van der Waals surface area (Å²) in [5.74, 6) is 3.60. The van der Waals surface area contributed by atoms with Crippen molar-refractivity contribution in [2.24, 2.45) is 0 Å². The molecule has 7 nitrogen and oxygen atoms in total. The first-order valence-corrected chi connectivity index (χ1v) is 14.9. The minimum atomic E-state index is -0.414. The van der Waals surface area contributed by atoms with Gasteiger partial charge in [0.15, 0.2) is 5.76 Å². The van der Waals surface area contributed by atoms with Crippen molar-refractivity contribution in [3.8, 4) is 34.3 Å². The standard InChI is InChI=1S/C32H39NO6S/c1-22(2)10-16-36-25-8-6-24(7-9-25)31-32(38-15-5-12-33-13-18-40-19-14-33)30(35)29-27(34)20-26(21-28(29)39-31)37-17-11-23(3)4/h6-11,20-21,34H,5,12-19H2,1-4H3. The highest BCUT2D eigenvalue weighted by Gasteiger charge is 2.21. The zero-order valence-corrected chi connectivity index (χ0v) is 24.6. The Labute approximate surface area is 240 Å². The normalized spacial score (nSPS) is 13.6. The van der Waals surface area contributed by atoms with Gasteiger partial charge in [0.2, 0.25) is 11.2 Å². The van der Waals surface area contributed by atoms with E-state index in [1.807, 2.05) is 75.9 Å². The van der Waals surface area contributed by atoms with Gasteiger partial charge in [0, 0.05) is 48.8 Å². The summed E-state index contributed by atoms with van der Waals surface area (Å²) in [7, 11) is 0. The maximum absolute atomic E-state index is 13.7. The quantitative estimate of drug-likeness (QED) is 0.193. The zero-order valence-electron chi connectivity index (χ0n) is 23.8. The van der Waals surface area contributed by atoms with Crippen molar-refractivity contribution in [1.82, 2.24) is 4.90 Å². The highest BCUT2D eigenvalue weighted by molar-refractivity contribution is 7.99. The van der Waals surface area contributed by atoms with Crippen LogP contribution in [0.4, 0.5) is 0 Å². The molecule has 214 valence electrons. The zero-order chi connectivity index (χ0) is 28.5. The van der Waals surface area contributed by atoms with Crippen LogP contribution in [0.25, 0.3) is 22.3 Å². The van der Waals surface area contributed by atoms with E-state index >= 15 is 0 Å². The lowest BCUT2D eigenvalue weighted by Gasteiger charge is -2.25. The number of hydrogen-bond donors (Lipinski definition) is 1. The van der Waals surface area contributed by atoms with Gasteiger partial charge in [-0.2, -0.15) is 11.8 Å². The molecule has 1 N–H and O–H groups in total. The summed E-state index contributed by atoms with van der Waals surface area (Å²) in [6.07, 6.45) is 4.72. The molecule has 4 rings (SSSR count). The third-order valence-corrected chi connectivity index (χ3v) is 7.42. The summed E-state index contributed by atoms with van der Waals surface area (Å²) in [6, 6.07) is 10.4. The molecule has 0 atom stereocenters. The van der Waals surface area contributed by atoms with Crippen LogP contribution in [0, 0.1) is 0 Å². The van der Waals surface area contributed by atoms with E-state index in [1.54, 1.807) is 6.07 Å². The molecule has 1 aliphatic rings. The Morgan fingerprint density at radius 2 is 1.60 bits per heavy atom. The molecular formula is C32H39NO6S. The molecule has 1 aliphatic heterocycles. The first-order valence-electron chi connectivity index (χ1n) is 13.7. The smallest absolute Gasteiger partial charge is 0.239 e. The van der Waals surface area contributed by atoms with E-state index < -0.39 is 5.43 Å². The van der Waals surface area contributed by atoms with E-state index in [0.29, 0.717) is 42.6 Å². The number of ether oxygens (including phenoxy) is 3. The van der Waals surface area contributed by atoms with Crippen molar-refractivity contribution >= 4 is 22.7 Å². The number of hydrogen-bond acceptors (Lipinski definition) is 8. The molecule has 2 heterocycles. The van der Waals surface area contributed by atoms with Crippen LogP contribution in [0.5, 0.6) is 23.0 Å². The Hall–Kier alpha value is -3.36. The summed E-state index contributed by atoms with van der Waals surface area (Å²) >= 11 is 1.98. The minimum Gasteiger partial charge on any atom is -0.507 e. The first kappa shape index (κ1) is 29.6. The third-order valence-electron chi connectivity index (χ3n) is 6.47. The molecule has 3 aromatic rings. The number of thioether (sulfide) groups is 1. The van der Waals surface area contributed by atoms with Crippen LogP contribution in [-0.2, 0) is 0 Å². The fourth-order valence-electron chi connectivity index (χ4n) is 4.26. The van der Waals surface area contributed by atoms with Gasteiger partial charge in [-0.1, -0.05) is 11.1 Å². The number of phenolic OH excluding ortho intramolecular Hbond substituents is 1. The molecule has 40 heavy (non-hydrogen) atoms. The number of fused-ring (bicyclic) bond motifs is 1. The van der Waals surface area contributed by atoms with Crippen LogP contribution >= 0.6 is 11.8 Å². The number of phenols is 1. The summed E-state index contributed by atoms with van der Waals surface area (Å²) < 4.78 is 23.9. The highest BCUT2D eigenvalue weighted by atomic mass is 32.2. The van der Waals surface area contributed by atoms with Crippen molar-refractivity contribution in [2.75, 3.05) is 51.0 Å². The summed E-state index contributed by atoms with van der Waals surface area (Å²) in [5.41, 5.74) is 2.79. The van der Waals surface area contributed by atoms with Crippen LogP contribution in [-0.4, -0.2) is 61.0 Å². The van der Waals surface area contributed by atoms with Crippen molar-refractivity contribution in [3.05, 3.63) is 69.9 Å². The third kappa shape index (κ3) is 8.08. The van der Waals surface area contributed by atoms with Gasteiger partial charge in [0.25, 0.3) is 0 Å². The maximum atomic E-state index is 13.7. The van der Waals surface area contributed by atoms with E-state index in [0.717, 1.165) is 43.1 Å². The minimum absolute atomic E-state index is 0.0723. The van der Waals surface area contributed by atoms with Crippen LogP contribution in [0.15, 0.2) is 68.9 Å². The van der Waals surface area contributed by atoms with Crippen molar-refractivity contribution in [2.45, 2.75) is 34.1 Å². The van der Waals surface area contributed by atoms with Crippen molar-refractivity contribution in [3.63, 3.8) is 0 Å². The maximum Gasteiger partial charge on any atom is 0.239 e. The molecule has 1 fully saturated rings. The SMILES string of the molecule is CC(C)=CCOc1ccc(-c2oc3cc(OCC=C(C)C)cc(O)c3c(=O)c2OCCCN2CCSCC2)cc1. The molecule has 0 amide bonds. The first-order chi connectivity index (χ1) is 19.3. The van der Waals surface area contributed by atoms with Gasteiger partial charge in [-0.3, -0.25) is 4.79 Å². The number of allylic oxidation sites excluding steroid dienone is 2. The van der Waals surface area contributed by atoms with Gasteiger partial charge in [0.1, 0.15) is 41.4 Å². The molecule has 0 radical (unpaired) electrons. The van der Waals surface area contributed by atoms with E-state index in [4.69, 9.17) is 18.6 Å². The molecule has 2 aromatic carbocycles. The Balaban J connectivity index is 1.64. The monoisotopic (exact) mass is 565 g/mol. The van der Waals surface area contributed by atoms with E-state index in [9.17, 15) is 9.90 Å². The topological polar surface area (TPSA) is 81.4 Å². The van der Waals surface area contributed by atoms with Crippen molar-refractivity contribution in [1.29, 1.82) is 0 Å². The Kier molecular flexibility index (Phi) is 10.6. The van der Waals surface area contributed by atoms with E-state index in [2.05, 4.69) is 4.90 Å². The van der Waals surface area contributed by atoms with Crippen molar-refractivity contribution < 1.29 is 23.7 Å².